The lowest BCUT2D eigenvalue weighted by atomic mass is 10.0. The minimum atomic E-state index is -3.51. The molecule has 0 aliphatic heterocycles. The van der Waals surface area contributed by atoms with Crippen molar-refractivity contribution in [3.05, 3.63) is 65.7 Å². The predicted octanol–water partition coefficient (Wildman–Crippen LogP) is 4.26. The Kier molecular flexibility index (Phi) is 9.89. The van der Waals surface area contributed by atoms with Crippen LogP contribution in [0.2, 0.25) is 0 Å². The normalized spacial score (nSPS) is 12.6. The summed E-state index contributed by atoms with van der Waals surface area (Å²) in [4.78, 5) is 28.1. The molecule has 2 amide bonds. The van der Waals surface area contributed by atoms with Gasteiger partial charge >= 0.3 is 0 Å². The fraction of sp³-hybridized carbons (Fsp3) is 0.481. The zero-order valence-corrected chi connectivity index (χ0v) is 22.6. The van der Waals surface area contributed by atoms with Gasteiger partial charge in [-0.1, -0.05) is 49.4 Å². The van der Waals surface area contributed by atoms with Crippen molar-refractivity contribution < 1.29 is 18.0 Å². The van der Waals surface area contributed by atoms with Crippen LogP contribution in [0.15, 0.2) is 54.6 Å². The second-order valence-corrected chi connectivity index (χ2v) is 11.9. The molecule has 0 aliphatic rings. The van der Waals surface area contributed by atoms with Gasteiger partial charge in [0.05, 0.1) is 11.9 Å². The summed E-state index contributed by atoms with van der Waals surface area (Å²) in [6, 6.07) is 16.2. The van der Waals surface area contributed by atoms with Crippen LogP contribution in [0.5, 0.6) is 0 Å². The molecule has 8 heteroatoms. The third kappa shape index (κ3) is 9.02. The average molecular weight is 502 g/mol. The molecule has 2 rings (SSSR count). The highest BCUT2D eigenvalue weighted by atomic mass is 32.2. The van der Waals surface area contributed by atoms with Crippen LogP contribution in [0.1, 0.15) is 58.1 Å². The molecule has 0 saturated carbocycles. The number of carbonyl (C=O) groups is 2. The molecule has 7 nitrogen and oxygen atoms in total. The van der Waals surface area contributed by atoms with E-state index in [0.717, 1.165) is 11.1 Å². The summed E-state index contributed by atoms with van der Waals surface area (Å²) in [6.07, 6.45) is 2.11. The fourth-order valence-electron chi connectivity index (χ4n) is 3.94. The number of carbonyl (C=O) groups excluding carboxylic acids is 2. The van der Waals surface area contributed by atoms with Gasteiger partial charge in [0.15, 0.2) is 0 Å². The van der Waals surface area contributed by atoms with E-state index in [1.165, 1.54) is 10.6 Å². The number of nitrogens with one attached hydrogen (secondary N) is 1. The molecule has 35 heavy (non-hydrogen) atoms. The number of benzene rings is 2. The summed E-state index contributed by atoms with van der Waals surface area (Å²) in [7, 11) is -3.51. The molecule has 0 unspecified atom stereocenters. The summed E-state index contributed by atoms with van der Waals surface area (Å²) in [5, 5.41) is 2.99. The van der Waals surface area contributed by atoms with Crippen molar-refractivity contribution in [3.63, 3.8) is 0 Å². The van der Waals surface area contributed by atoms with E-state index in [4.69, 9.17) is 0 Å². The summed E-state index contributed by atoms with van der Waals surface area (Å²) >= 11 is 0. The first-order chi connectivity index (χ1) is 16.3. The predicted molar refractivity (Wildman–Crippen MR) is 142 cm³/mol. The average Bonchev–Trinajstić information content (AvgIpc) is 2.75. The van der Waals surface area contributed by atoms with E-state index in [1.54, 1.807) is 11.0 Å². The molecule has 0 bridgehead atoms. The second-order valence-electron chi connectivity index (χ2n) is 9.95. The van der Waals surface area contributed by atoms with Crippen molar-refractivity contribution in [1.82, 2.24) is 10.2 Å². The second kappa shape index (κ2) is 12.2. The maximum absolute atomic E-state index is 13.4. The van der Waals surface area contributed by atoms with Crippen LogP contribution >= 0.6 is 0 Å². The number of hydrogen-bond acceptors (Lipinski definition) is 4. The van der Waals surface area contributed by atoms with Gasteiger partial charge in [-0.3, -0.25) is 13.9 Å². The molecule has 0 spiro atoms. The maximum atomic E-state index is 13.4. The molecule has 0 aliphatic carbocycles. The number of amides is 2. The van der Waals surface area contributed by atoms with Crippen LogP contribution < -0.4 is 9.62 Å². The van der Waals surface area contributed by atoms with E-state index < -0.39 is 21.6 Å². The lowest BCUT2D eigenvalue weighted by molar-refractivity contribution is -0.142. The standard InChI is InChI=1S/C27H39N3O4S/c1-7-24(26(32)28-27(3,4)5)29(20-22-14-9-8-10-15-22)25(31)17-12-18-30(35(6,33)34)23-16-11-13-21(2)19-23/h8-11,13-16,19,24H,7,12,17-18,20H2,1-6H3,(H,28,32)/t24-/m0/s1. The van der Waals surface area contributed by atoms with Gasteiger partial charge in [0, 0.05) is 25.0 Å². The van der Waals surface area contributed by atoms with Gasteiger partial charge in [-0.25, -0.2) is 8.42 Å². The summed E-state index contributed by atoms with van der Waals surface area (Å²) in [6.45, 7) is 10.0. The zero-order chi connectivity index (χ0) is 26.2. The Labute approximate surface area is 210 Å². The number of aryl methyl sites for hydroxylation is 1. The fourth-order valence-corrected chi connectivity index (χ4v) is 4.90. The molecule has 0 fully saturated rings. The highest BCUT2D eigenvalue weighted by Crippen LogP contribution is 2.21. The van der Waals surface area contributed by atoms with E-state index in [2.05, 4.69) is 5.32 Å². The van der Waals surface area contributed by atoms with Crippen LogP contribution in [-0.4, -0.2) is 49.5 Å². The van der Waals surface area contributed by atoms with Crippen LogP contribution in [0.25, 0.3) is 0 Å². The van der Waals surface area contributed by atoms with Crippen molar-refractivity contribution in [2.45, 2.75) is 72.0 Å². The topological polar surface area (TPSA) is 86.8 Å². The Balaban J connectivity index is 2.21. The molecular weight excluding hydrogens is 462 g/mol. The van der Waals surface area contributed by atoms with Crippen molar-refractivity contribution in [2.24, 2.45) is 0 Å². The first kappa shape index (κ1) is 28.4. The van der Waals surface area contributed by atoms with E-state index >= 15 is 0 Å². The molecule has 2 aromatic carbocycles. The summed E-state index contributed by atoms with van der Waals surface area (Å²) in [5.74, 6) is -0.371. The Bertz CT molecular complexity index is 1090. The quantitative estimate of drug-likeness (QED) is 0.498. The Hall–Kier alpha value is -2.87. The van der Waals surface area contributed by atoms with Crippen LogP contribution in [0.4, 0.5) is 5.69 Å². The number of sulfonamides is 1. The van der Waals surface area contributed by atoms with E-state index in [1.807, 2.05) is 83.1 Å². The number of hydrogen-bond donors (Lipinski definition) is 1. The van der Waals surface area contributed by atoms with Crippen molar-refractivity contribution in [1.29, 1.82) is 0 Å². The third-order valence-corrected chi connectivity index (χ3v) is 6.72. The van der Waals surface area contributed by atoms with Crippen LogP contribution in [0, 0.1) is 6.92 Å². The molecular formula is C27H39N3O4S. The first-order valence-corrected chi connectivity index (χ1v) is 13.9. The van der Waals surface area contributed by atoms with Gasteiger partial charge in [-0.05, 0) is 63.8 Å². The Morgan fingerprint density at radius 2 is 1.69 bits per heavy atom. The van der Waals surface area contributed by atoms with Crippen molar-refractivity contribution in [2.75, 3.05) is 17.1 Å². The minimum Gasteiger partial charge on any atom is -0.350 e. The molecule has 0 radical (unpaired) electrons. The zero-order valence-electron chi connectivity index (χ0n) is 21.7. The highest BCUT2D eigenvalue weighted by molar-refractivity contribution is 7.92. The minimum absolute atomic E-state index is 0.129. The third-order valence-electron chi connectivity index (χ3n) is 5.52. The Morgan fingerprint density at radius 3 is 2.23 bits per heavy atom. The molecule has 1 N–H and O–H groups in total. The number of nitrogens with zero attached hydrogens (tertiary/aromatic N) is 2. The van der Waals surface area contributed by atoms with Crippen molar-refractivity contribution >= 4 is 27.5 Å². The molecule has 2 aromatic rings. The van der Waals surface area contributed by atoms with Gasteiger partial charge < -0.3 is 10.2 Å². The van der Waals surface area contributed by atoms with E-state index in [9.17, 15) is 18.0 Å². The van der Waals surface area contributed by atoms with Gasteiger partial charge in [0.2, 0.25) is 21.8 Å². The lowest BCUT2D eigenvalue weighted by Crippen LogP contribution is -2.53. The number of rotatable bonds is 11. The van der Waals surface area contributed by atoms with Crippen molar-refractivity contribution in [3.8, 4) is 0 Å². The first-order valence-electron chi connectivity index (χ1n) is 12.0. The van der Waals surface area contributed by atoms with Crippen LogP contribution in [-0.2, 0) is 26.2 Å². The molecule has 192 valence electrons. The monoisotopic (exact) mass is 501 g/mol. The van der Waals surface area contributed by atoms with Crippen LogP contribution in [0.3, 0.4) is 0 Å². The number of anilines is 1. The van der Waals surface area contributed by atoms with Gasteiger partial charge in [0.25, 0.3) is 0 Å². The molecule has 0 aromatic heterocycles. The molecule has 0 saturated heterocycles. The maximum Gasteiger partial charge on any atom is 0.243 e. The van der Waals surface area contributed by atoms with Gasteiger partial charge in [0.1, 0.15) is 6.04 Å². The SMILES string of the molecule is CC[C@@H](C(=O)NC(C)(C)C)N(Cc1ccccc1)C(=O)CCCN(c1cccc(C)c1)S(C)(=O)=O. The summed E-state index contributed by atoms with van der Waals surface area (Å²) < 4.78 is 26.2. The highest BCUT2D eigenvalue weighted by Gasteiger charge is 2.30. The lowest BCUT2D eigenvalue weighted by Gasteiger charge is -2.33. The largest absolute Gasteiger partial charge is 0.350 e. The Morgan fingerprint density at radius 1 is 1.03 bits per heavy atom. The van der Waals surface area contributed by atoms with E-state index in [0.29, 0.717) is 25.1 Å². The van der Waals surface area contributed by atoms with E-state index in [-0.39, 0.29) is 24.8 Å². The van der Waals surface area contributed by atoms with Gasteiger partial charge in [-0.15, -0.1) is 0 Å². The summed E-state index contributed by atoms with van der Waals surface area (Å²) in [5.41, 5.74) is 2.05. The molecule has 0 heterocycles. The van der Waals surface area contributed by atoms with Gasteiger partial charge in [-0.2, -0.15) is 0 Å². The molecule has 1 atom stereocenters. The smallest absolute Gasteiger partial charge is 0.243 e.